The molecule has 106 valence electrons. The van der Waals surface area contributed by atoms with Crippen molar-refractivity contribution in [2.24, 2.45) is 7.05 Å². The normalized spacial score (nSPS) is 17.3. The van der Waals surface area contributed by atoms with Gasteiger partial charge in [0.25, 0.3) is 5.56 Å². The number of nitrogens with one attached hydrogen (secondary N) is 2. The Hall–Kier alpha value is -2.28. The van der Waals surface area contributed by atoms with Crippen molar-refractivity contribution in [1.29, 1.82) is 0 Å². The van der Waals surface area contributed by atoms with Gasteiger partial charge in [-0.25, -0.2) is 9.78 Å². The maximum Gasteiger partial charge on any atom is 0.329 e. The number of thioether (sulfide) groups is 1. The van der Waals surface area contributed by atoms with Gasteiger partial charge in [-0.1, -0.05) is 18.2 Å². The molecule has 0 bridgehead atoms. The van der Waals surface area contributed by atoms with Crippen molar-refractivity contribution in [3.8, 4) is 0 Å². The molecular weight excluding hydrogens is 288 g/mol. The van der Waals surface area contributed by atoms with Gasteiger partial charge in [0.2, 0.25) is 0 Å². The molecule has 0 saturated heterocycles. The number of benzene rings is 1. The number of hydrogen-bond donors (Lipinski definition) is 2. The van der Waals surface area contributed by atoms with Crippen LogP contribution in [0, 0.1) is 0 Å². The Morgan fingerprint density at radius 3 is 2.90 bits per heavy atom. The molecule has 6 nitrogen and oxygen atoms in total. The Morgan fingerprint density at radius 2 is 2.10 bits per heavy atom. The zero-order valence-corrected chi connectivity index (χ0v) is 12.0. The van der Waals surface area contributed by atoms with E-state index in [1.165, 1.54) is 15.0 Å². The van der Waals surface area contributed by atoms with Gasteiger partial charge in [0.15, 0.2) is 5.65 Å². The van der Waals surface area contributed by atoms with E-state index < -0.39 is 11.2 Å². The molecule has 21 heavy (non-hydrogen) atoms. The van der Waals surface area contributed by atoms with E-state index in [9.17, 15) is 9.59 Å². The first-order valence-electron chi connectivity index (χ1n) is 6.57. The predicted octanol–water partition coefficient (Wildman–Crippen LogP) is 1.34. The lowest BCUT2D eigenvalue weighted by Crippen LogP contribution is -2.28. The lowest BCUT2D eigenvalue weighted by atomic mass is 10.1. The van der Waals surface area contributed by atoms with Crippen LogP contribution in [0.25, 0.3) is 11.2 Å². The van der Waals surface area contributed by atoms with Gasteiger partial charge in [0.05, 0.1) is 5.25 Å². The minimum Gasteiger partial charge on any atom is -0.335 e. The van der Waals surface area contributed by atoms with Crippen molar-refractivity contribution >= 4 is 22.9 Å². The Bertz CT molecular complexity index is 944. The molecule has 0 aliphatic carbocycles. The average Bonchev–Trinajstić information content (AvgIpc) is 3.09. The topological polar surface area (TPSA) is 83.5 Å². The highest BCUT2D eigenvalue weighted by Gasteiger charge is 2.26. The number of rotatable bonds is 1. The van der Waals surface area contributed by atoms with Crippen LogP contribution in [-0.4, -0.2) is 19.5 Å². The van der Waals surface area contributed by atoms with E-state index in [4.69, 9.17) is 0 Å². The summed E-state index contributed by atoms with van der Waals surface area (Å²) in [6.45, 7) is 0. The van der Waals surface area contributed by atoms with Gasteiger partial charge in [-0.05, 0) is 18.1 Å². The summed E-state index contributed by atoms with van der Waals surface area (Å²) >= 11 is 1.73. The van der Waals surface area contributed by atoms with Crippen LogP contribution in [0.5, 0.6) is 0 Å². The number of fused-ring (bicyclic) bond motifs is 2. The van der Waals surface area contributed by atoms with Crippen molar-refractivity contribution in [2.45, 2.75) is 16.6 Å². The molecule has 1 unspecified atom stereocenters. The minimum absolute atomic E-state index is 0.143. The Kier molecular flexibility index (Phi) is 2.58. The van der Waals surface area contributed by atoms with E-state index in [0.717, 1.165) is 12.2 Å². The van der Waals surface area contributed by atoms with Gasteiger partial charge < -0.3 is 4.98 Å². The van der Waals surface area contributed by atoms with Crippen molar-refractivity contribution < 1.29 is 0 Å². The van der Waals surface area contributed by atoms with E-state index >= 15 is 0 Å². The third-order valence-electron chi connectivity index (χ3n) is 3.73. The number of aromatic nitrogens is 4. The minimum atomic E-state index is -0.451. The first kappa shape index (κ1) is 12.5. The molecule has 0 spiro atoms. The molecule has 1 aliphatic heterocycles. The molecule has 4 rings (SSSR count). The number of hydrogen-bond acceptors (Lipinski definition) is 4. The summed E-state index contributed by atoms with van der Waals surface area (Å²) < 4.78 is 1.35. The van der Waals surface area contributed by atoms with Crippen LogP contribution in [0.3, 0.4) is 0 Å². The van der Waals surface area contributed by atoms with E-state index in [0.29, 0.717) is 11.2 Å². The zero-order chi connectivity index (χ0) is 14.6. The van der Waals surface area contributed by atoms with Gasteiger partial charge in [-0.15, -0.1) is 11.8 Å². The summed E-state index contributed by atoms with van der Waals surface area (Å²) in [5, 5.41) is 0.143. The molecule has 3 aromatic rings. The number of nitrogens with zero attached hydrogens (tertiary/aromatic N) is 2. The predicted molar refractivity (Wildman–Crippen MR) is 80.7 cm³/mol. The third kappa shape index (κ3) is 1.84. The Balaban J connectivity index is 1.83. The maximum absolute atomic E-state index is 11.9. The highest BCUT2D eigenvalue weighted by atomic mass is 32.2. The van der Waals surface area contributed by atoms with Crippen molar-refractivity contribution in [2.75, 3.05) is 0 Å². The molecule has 3 heterocycles. The number of aryl methyl sites for hydroxylation is 1. The molecule has 0 saturated carbocycles. The Morgan fingerprint density at radius 1 is 1.29 bits per heavy atom. The van der Waals surface area contributed by atoms with E-state index in [1.54, 1.807) is 18.8 Å². The van der Waals surface area contributed by atoms with Crippen molar-refractivity contribution in [3.63, 3.8) is 0 Å². The summed E-state index contributed by atoms with van der Waals surface area (Å²) in [5.74, 6) is 0.734. The first-order valence-corrected chi connectivity index (χ1v) is 7.45. The summed E-state index contributed by atoms with van der Waals surface area (Å²) in [6.07, 6.45) is 0.868. The van der Waals surface area contributed by atoms with Gasteiger partial charge in [0, 0.05) is 11.9 Å². The van der Waals surface area contributed by atoms with Crippen LogP contribution in [0.15, 0.2) is 38.8 Å². The summed E-state index contributed by atoms with van der Waals surface area (Å²) in [5.41, 5.74) is 1.16. The molecule has 1 aromatic carbocycles. The van der Waals surface area contributed by atoms with Crippen LogP contribution < -0.4 is 11.2 Å². The lowest BCUT2D eigenvalue weighted by Gasteiger charge is -2.02. The molecule has 2 N–H and O–H groups in total. The summed E-state index contributed by atoms with van der Waals surface area (Å²) in [7, 11) is 1.60. The quantitative estimate of drug-likeness (QED) is 0.710. The van der Waals surface area contributed by atoms with Gasteiger partial charge in [-0.3, -0.25) is 14.3 Å². The van der Waals surface area contributed by atoms with Crippen molar-refractivity contribution in [1.82, 2.24) is 19.5 Å². The second kappa shape index (κ2) is 4.36. The van der Waals surface area contributed by atoms with Crippen LogP contribution in [0.1, 0.15) is 16.6 Å². The molecular formula is C14H12N4O2S. The molecule has 0 amide bonds. The number of imidazole rings is 1. The van der Waals surface area contributed by atoms with Crippen LogP contribution in [-0.2, 0) is 13.5 Å². The first-order chi connectivity index (χ1) is 10.1. The number of aromatic amines is 2. The largest absolute Gasteiger partial charge is 0.335 e. The average molecular weight is 300 g/mol. The third-order valence-corrected chi connectivity index (χ3v) is 5.05. The molecule has 0 fully saturated rings. The van der Waals surface area contributed by atoms with Gasteiger partial charge >= 0.3 is 5.69 Å². The smallest absolute Gasteiger partial charge is 0.329 e. The highest BCUT2D eigenvalue weighted by Crippen LogP contribution is 2.45. The fraction of sp³-hybridized carbons (Fsp3) is 0.214. The van der Waals surface area contributed by atoms with Gasteiger partial charge in [-0.2, -0.15) is 0 Å². The fourth-order valence-electron chi connectivity index (χ4n) is 2.61. The SMILES string of the molecule is Cn1c(=O)[nH]c(=O)c2[nH]c(C3Cc4ccccc4S3)nc21. The van der Waals surface area contributed by atoms with Gasteiger partial charge in [0.1, 0.15) is 11.3 Å². The second-order valence-electron chi connectivity index (χ2n) is 5.06. The van der Waals surface area contributed by atoms with E-state index in [-0.39, 0.29) is 5.25 Å². The zero-order valence-electron chi connectivity index (χ0n) is 11.2. The van der Waals surface area contributed by atoms with Crippen LogP contribution >= 0.6 is 11.8 Å². The molecule has 2 aromatic heterocycles. The monoisotopic (exact) mass is 300 g/mol. The lowest BCUT2D eigenvalue weighted by molar-refractivity contribution is 0.826. The standard InChI is InChI=1S/C14H12N4O2S/c1-18-12-10(13(19)17-14(18)20)15-11(16-12)9-6-7-4-2-3-5-8(7)21-9/h2-5,9H,6H2,1H3,(H,15,16)(H,17,19,20). The molecule has 7 heteroatoms. The highest BCUT2D eigenvalue weighted by molar-refractivity contribution is 7.99. The fourth-order valence-corrected chi connectivity index (χ4v) is 3.86. The van der Waals surface area contributed by atoms with E-state index in [1.807, 2.05) is 12.1 Å². The Labute approximate surface area is 123 Å². The molecule has 0 radical (unpaired) electrons. The van der Waals surface area contributed by atoms with Crippen LogP contribution in [0.4, 0.5) is 0 Å². The van der Waals surface area contributed by atoms with Crippen LogP contribution in [0.2, 0.25) is 0 Å². The second-order valence-corrected chi connectivity index (χ2v) is 6.30. The number of H-pyrrole nitrogens is 2. The maximum atomic E-state index is 11.9. The summed E-state index contributed by atoms with van der Waals surface area (Å²) in [4.78, 5) is 34.5. The van der Waals surface area contributed by atoms with E-state index in [2.05, 4.69) is 27.1 Å². The van der Waals surface area contributed by atoms with Crippen molar-refractivity contribution in [3.05, 3.63) is 56.5 Å². The summed E-state index contributed by atoms with van der Waals surface area (Å²) in [6, 6.07) is 8.23. The molecule has 1 aliphatic rings. The molecule has 1 atom stereocenters.